The Morgan fingerprint density at radius 1 is 1.00 bits per heavy atom. The Bertz CT molecular complexity index is 1320. The molecule has 0 radical (unpaired) electrons. The number of carbonyl (C=O) groups excluding carboxylic acids is 1. The number of nitrogens with one attached hydrogen (secondary N) is 1. The third kappa shape index (κ3) is 6.20. The molecule has 0 bridgehead atoms. The largest absolute Gasteiger partial charge is 0.493 e. The molecule has 0 atom stereocenters. The molecule has 1 heterocycles. The van der Waals surface area contributed by atoms with E-state index < -0.39 is 0 Å². The molecule has 1 aromatic heterocycles. The van der Waals surface area contributed by atoms with Crippen LogP contribution in [0.2, 0.25) is 0 Å². The summed E-state index contributed by atoms with van der Waals surface area (Å²) in [6.45, 7) is 4.83. The summed E-state index contributed by atoms with van der Waals surface area (Å²) in [5.74, 6) is 2.47. The third-order valence-electron chi connectivity index (χ3n) is 5.56. The molecule has 35 heavy (non-hydrogen) atoms. The van der Waals surface area contributed by atoms with Crippen molar-refractivity contribution in [3.05, 3.63) is 89.3 Å². The van der Waals surface area contributed by atoms with E-state index in [0.717, 1.165) is 39.1 Å². The molecule has 4 aromatic rings. The molecule has 7 heteroatoms. The Morgan fingerprint density at radius 2 is 1.83 bits per heavy atom. The van der Waals surface area contributed by atoms with Gasteiger partial charge in [-0.15, -0.1) is 0 Å². The van der Waals surface area contributed by atoms with Crippen molar-refractivity contribution in [2.75, 3.05) is 20.3 Å². The number of rotatable bonds is 10. The second-order valence-electron chi connectivity index (χ2n) is 7.98. The molecule has 0 aliphatic rings. The van der Waals surface area contributed by atoms with Crippen LogP contribution in [0.4, 0.5) is 0 Å². The molecule has 0 unspecified atom stereocenters. The second kappa shape index (κ2) is 11.2. The fraction of sp³-hybridized carbons (Fsp3) is 0.214. The van der Waals surface area contributed by atoms with Crippen LogP contribution in [-0.4, -0.2) is 31.3 Å². The summed E-state index contributed by atoms with van der Waals surface area (Å²) < 4.78 is 22.3. The Balaban J connectivity index is 1.26. The predicted octanol–water partition coefficient (Wildman–Crippen LogP) is 5.24. The van der Waals surface area contributed by atoms with Gasteiger partial charge in [0.05, 0.1) is 24.9 Å². The van der Waals surface area contributed by atoms with E-state index in [0.29, 0.717) is 31.3 Å². The number of nitrogens with zero attached hydrogens (tertiary/aromatic N) is 1. The van der Waals surface area contributed by atoms with Crippen LogP contribution >= 0.6 is 0 Å². The SMILES string of the molecule is COc1cc(/C=C/C(=O)NCCOc2ccc3ccccc3c2)ccc1OCc1c(C)noc1C. The lowest BCUT2D eigenvalue weighted by atomic mass is 10.1. The van der Waals surface area contributed by atoms with Gasteiger partial charge in [0.25, 0.3) is 0 Å². The lowest BCUT2D eigenvalue weighted by molar-refractivity contribution is -0.116. The van der Waals surface area contributed by atoms with Gasteiger partial charge < -0.3 is 24.1 Å². The number of aromatic nitrogens is 1. The maximum atomic E-state index is 12.2. The maximum Gasteiger partial charge on any atom is 0.244 e. The van der Waals surface area contributed by atoms with Gasteiger partial charge in [-0.25, -0.2) is 0 Å². The molecule has 0 aliphatic heterocycles. The van der Waals surface area contributed by atoms with Gasteiger partial charge in [0, 0.05) is 6.08 Å². The molecule has 7 nitrogen and oxygen atoms in total. The summed E-state index contributed by atoms with van der Waals surface area (Å²) in [5.41, 5.74) is 2.53. The smallest absolute Gasteiger partial charge is 0.244 e. The van der Waals surface area contributed by atoms with Crippen LogP contribution in [0, 0.1) is 13.8 Å². The summed E-state index contributed by atoms with van der Waals surface area (Å²) in [6, 6.07) is 19.5. The first kappa shape index (κ1) is 23.9. The first-order chi connectivity index (χ1) is 17.0. The predicted molar refractivity (Wildman–Crippen MR) is 135 cm³/mol. The molecular weight excluding hydrogens is 444 g/mol. The standard InChI is InChI=1S/C28H28N2O5/c1-19-25(20(2)35-30-19)18-34-26-12-8-21(16-27(26)32-3)9-13-28(31)29-14-15-33-24-11-10-22-6-4-5-7-23(22)17-24/h4-13,16-17H,14-15,18H2,1-3H3,(H,29,31)/b13-9+. The molecular formula is C28H28N2O5. The van der Waals surface area contributed by atoms with Crippen LogP contribution in [-0.2, 0) is 11.4 Å². The normalized spacial score (nSPS) is 11.1. The second-order valence-corrected chi connectivity index (χ2v) is 7.98. The first-order valence-electron chi connectivity index (χ1n) is 11.3. The number of hydrogen-bond acceptors (Lipinski definition) is 6. The van der Waals surface area contributed by atoms with Crippen molar-refractivity contribution >= 4 is 22.8 Å². The molecule has 0 saturated heterocycles. The van der Waals surface area contributed by atoms with Crippen molar-refractivity contribution in [1.82, 2.24) is 10.5 Å². The van der Waals surface area contributed by atoms with E-state index in [4.69, 9.17) is 18.7 Å². The van der Waals surface area contributed by atoms with Gasteiger partial charge in [-0.3, -0.25) is 4.79 Å². The molecule has 0 spiro atoms. The summed E-state index contributed by atoms with van der Waals surface area (Å²) >= 11 is 0. The minimum atomic E-state index is -0.204. The van der Waals surface area contributed by atoms with Gasteiger partial charge in [-0.1, -0.05) is 41.6 Å². The number of fused-ring (bicyclic) bond motifs is 1. The Labute approximate surface area is 204 Å². The highest BCUT2D eigenvalue weighted by Crippen LogP contribution is 2.30. The van der Waals surface area contributed by atoms with Crippen molar-refractivity contribution in [1.29, 1.82) is 0 Å². The van der Waals surface area contributed by atoms with Crippen molar-refractivity contribution in [2.45, 2.75) is 20.5 Å². The first-order valence-corrected chi connectivity index (χ1v) is 11.3. The Kier molecular flexibility index (Phi) is 7.67. The highest BCUT2D eigenvalue weighted by atomic mass is 16.5. The van der Waals surface area contributed by atoms with E-state index >= 15 is 0 Å². The van der Waals surface area contributed by atoms with Crippen LogP contribution in [0.25, 0.3) is 16.8 Å². The van der Waals surface area contributed by atoms with Crippen molar-refractivity contribution in [3.63, 3.8) is 0 Å². The minimum Gasteiger partial charge on any atom is -0.493 e. The van der Waals surface area contributed by atoms with E-state index in [1.165, 1.54) is 6.08 Å². The van der Waals surface area contributed by atoms with Crippen LogP contribution in [0.15, 0.2) is 71.3 Å². The van der Waals surface area contributed by atoms with Crippen LogP contribution in [0.5, 0.6) is 17.2 Å². The molecule has 180 valence electrons. The van der Waals surface area contributed by atoms with Gasteiger partial charge in [-0.05, 0) is 60.5 Å². The van der Waals surface area contributed by atoms with E-state index in [1.54, 1.807) is 13.2 Å². The van der Waals surface area contributed by atoms with Gasteiger partial charge >= 0.3 is 0 Å². The number of benzene rings is 3. The quantitative estimate of drug-likeness (QED) is 0.251. The number of ether oxygens (including phenoxy) is 3. The minimum absolute atomic E-state index is 0.204. The fourth-order valence-corrected chi connectivity index (χ4v) is 3.60. The lowest BCUT2D eigenvalue weighted by Crippen LogP contribution is -2.26. The molecule has 0 saturated carbocycles. The average Bonchev–Trinajstić information content (AvgIpc) is 3.20. The highest BCUT2D eigenvalue weighted by molar-refractivity contribution is 5.91. The number of carbonyl (C=O) groups is 1. The number of amides is 1. The number of methoxy groups -OCH3 is 1. The van der Waals surface area contributed by atoms with Crippen molar-refractivity contribution in [3.8, 4) is 17.2 Å². The van der Waals surface area contributed by atoms with Gasteiger partial charge in [0.2, 0.25) is 5.91 Å². The Morgan fingerprint density at radius 3 is 2.60 bits per heavy atom. The molecule has 3 aromatic carbocycles. The van der Waals surface area contributed by atoms with E-state index in [2.05, 4.69) is 16.5 Å². The highest BCUT2D eigenvalue weighted by Gasteiger charge is 2.12. The zero-order chi connectivity index (χ0) is 24.6. The average molecular weight is 473 g/mol. The topological polar surface area (TPSA) is 82.8 Å². The zero-order valence-electron chi connectivity index (χ0n) is 20.0. The Hall–Kier alpha value is -4.26. The summed E-state index contributed by atoms with van der Waals surface area (Å²) in [4.78, 5) is 12.2. The fourth-order valence-electron chi connectivity index (χ4n) is 3.60. The zero-order valence-corrected chi connectivity index (χ0v) is 20.0. The maximum absolute atomic E-state index is 12.2. The summed E-state index contributed by atoms with van der Waals surface area (Å²) in [5, 5.41) is 9.04. The molecule has 0 aliphatic carbocycles. The van der Waals surface area contributed by atoms with Crippen molar-refractivity contribution in [2.24, 2.45) is 0 Å². The van der Waals surface area contributed by atoms with Crippen LogP contribution in [0.3, 0.4) is 0 Å². The molecule has 1 N–H and O–H groups in total. The number of hydrogen-bond donors (Lipinski definition) is 1. The summed E-state index contributed by atoms with van der Waals surface area (Å²) in [6.07, 6.45) is 3.20. The van der Waals surface area contributed by atoms with Gasteiger partial charge in [0.1, 0.15) is 24.7 Å². The van der Waals surface area contributed by atoms with E-state index in [9.17, 15) is 4.79 Å². The third-order valence-corrected chi connectivity index (χ3v) is 5.56. The van der Waals surface area contributed by atoms with Crippen LogP contribution < -0.4 is 19.5 Å². The summed E-state index contributed by atoms with van der Waals surface area (Å²) in [7, 11) is 1.58. The van der Waals surface area contributed by atoms with Gasteiger partial charge in [0.15, 0.2) is 11.5 Å². The molecule has 0 fully saturated rings. The monoisotopic (exact) mass is 472 g/mol. The van der Waals surface area contributed by atoms with Gasteiger partial charge in [-0.2, -0.15) is 0 Å². The van der Waals surface area contributed by atoms with Crippen molar-refractivity contribution < 1.29 is 23.5 Å². The lowest BCUT2D eigenvalue weighted by Gasteiger charge is -2.11. The molecule has 4 rings (SSSR count). The van der Waals surface area contributed by atoms with Crippen LogP contribution in [0.1, 0.15) is 22.6 Å². The van der Waals surface area contributed by atoms with E-state index in [1.807, 2.05) is 68.4 Å². The number of aryl methyl sites for hydroxylation is 2. The molecule has 1 amide bonds. The van der Waals surface area contributed by atoms with E-state index in [-0.39, 0.29) is 5.91 Å².